The van der Waals surface area contributed by atoms with E-state index in [4.69, 9.17) is 0 Å². The summed E-state index contributed by atoms with van der Waals surface area (Å²) < 4.78 is 0. The first-order chi connectivity index (χ1) is 10.1. The van der Waals surface area contributed by atoms with Gasteiger partial charge in [0.2, 0.25) is 5.91 Å². The van der Waals surface area contributed by atoms with Crippen LogP contribution in [0, 0.1) is 17.8 Å². The largest absolute Gasteiger partial charge is 0.342 e. The molecule has 1 amide bonds. The smallest absolute Gasteiger partial charge is 0.225 e. The Morgan fingerprint density at radius 3 is 2.00 bits per heavy atom. The van der Waals surface area contributed by atoms with Crippen molar-refractivity contribution in [2.24, 2.45) is 17.8 Å². The van der Waals surface area contributed by atoms with Crippen LogP contribution in [-0.4, -0.2) is 48.4 Å². The highest BCUT2D eigenvalue weighted by atomic mass is 16.2. The topological polar surface area (TPSA) is 23.6 Å². The molecule has 0 N–H and O–H groups in total. The molecule has 2 saturated heterocycles. The molecule has 2 heterocycles. The van der Waals surface area contributed by atoms with Crippen LogP contribution in [-0.2, 0) is 4.79 Å². The molecule has 2 aliphatic heterocycles. The van der Waals surface area contributed by atoms with Gasteiger partial charge in [-0.2, -0.15) is 0 Å². The van der Waals surface area contributed by atoms with E-state index in [1.807, 2.05) is 0 Å². The van der Waals surface area contributed by atoms with Crippen LogP contribution in [0.5, 0.6) is 0 Å². The molecule has 0 aromatic rings. The van der Waals surface area contributed by atoms with Crippen LogP contribution in [0.15, 0.2) is 0 Å². The van der Waals surface area contributed by atoms with E-state index in [9.17, 15) is 4.79 Å². The van der Waals surface area contributed by atoms with Crippen molar-refractivity contribution in [3.63, 3.8) is 0 Å². The molecule has 0 aromatic carbocycles. The zero-order valence-electron chi connectivity index (χ0n) is 14.3. The van der Waals surface area contributed by atoms with Gasteiger partial charge in [0.25, 0.3) is 0 Å². The highest BCUT2D eigenvalue weighted by molar-refractivity contribution is 5.78. The van der Waals surface area contributed by atoms with E-state index in [1.54, 1.807) is 0 Å². The van der Waals surface area contributed by atoms with Crippen molar-refractivity contribution in [1.29, 1.82) is 0 Å². The summed E-state index contributed by atoms with van der Waals surface area (Å²) in [5.41, 5.74) is 0. The van der Waals surface area contributed by atoms with Crippen molar-refractivity contribution in [2.75, 3.05) is 32.7 Å². The van der Waals surface area contributed by atoms with Crippen LogP contribution < -0.4 is 0 Å². The van der Waals surface area contributed by atoms with Crippen molar-refractivity contribution < 1.29 is 4.79 Å². The second kappa shape index (κ2) is 8.17. The predicted octanol–water partition coefficient (Wildman–Crippen LogP) is 3.39. The summed E-state index contributed by atoms with van der Waals surface area (Å²) in [4.78, 5) is 16.9. The van der Waals surface area contributed by atoms with Crippen LogP contribution in [0.2, 0.25) is 0 Å². The SMILES string of the molecule is CCC(C)C(=O)N1CCC(CC2CCN(CC)CC2)CC1. The number of hydrogen-bond acceptors (Lipinski definition) is 2. The second-order valence-electron chi connectivity index (χ2n) is 7.19. The van der Waals surface area contributed by atoms with E-state index in [0.717, 1.165) is 31.3 Å². The molecule has 2 aliphatic rings. The number of rotatable bonds is 5. The molecule has 2 fully saturated rings. The van der Waals surface area contributed by atoms with Gasteiger partial charge >= 0.3 is 0 Å². The van der Waals surface area contributed by atoms with Crippen molar-refractivity contribution in [2.45, 2.75) is 59.3 Å². The van der Waals surface area contributed by atoms with Crippen LogP contribution in [0.4, 0.5) is 0 Å². The Morgan fingerprint density at radius 2 is 1.52 bits per heavy atom. The molecule has 3 heteroatoms. The van der Waals surface area contributed by atoms with E-state index in [-0.39, 0.29) is 5.92 Å². The van der Waals surface area contributed by atoms with Crippen molar-refractivity contribution >= 4 is 5.91 Å². The second-order valence-corrected chi connectivity index (χ2v) is 7.19. The summed E-state index contributed by atoms with van der Waals surface area (Å²) in [5, 5.41) is 0. The third-order valence-electron chi connectivity index (χ3n) is 5.78. The van der Waals surface area contributed by atoms with Gasteiger partial charge in [0, 0.05) is 19.0 Å². The lowest BCUT2D eigenvalue weighted by Gasteiger charge is -2.37. The number of hydrogen-bond donors (Lipinski definition) is 0. The fourth-order valence-electron chi connectivity index (χ4n) is 3.89. The first-order valence-corrected chi connectivity index (χ1v) is 9.15. The summed E-state index contributed by atoms with van der Waals surface area (Å²) in [6.07, 6.45) is 7.61. The third kappa shape index (κ3) is 4.70. The summed E-state index contributed by atoms with van der Waals surface area (Å²) in [6, 6.07) is 0. The molecule has 2 rings (SSSR count). The monoisotopic (exact) mass is 294 g/mol. The average Bonchev–Trinajstić information content (AvgIpc) is 2.55. The van der Waals surface area contributed by atoms with Crippen molar-refractivity contribution in [1.82, 2.24) is 9.80 Å². The van der Waals surface area contributed by atoms with Gasteiger partial charge in [-0.1, -0.05) is 20.8 Å². The van der Waals surface area contributed by atoms with E-state index in [2.05, 4.69) is 30.6 Å². The van der Waals surface area contributed by atoms with Crippen LogP contribution in [0.25, 0.3) is 0 Å². The lowest BCUT2D eigenvalue weighted by atomic mass is 9.82. The maximum atomic E-state index is 12.2. The van der Waals surface area contributed by atoms with Gasteiger partial charge in [0.05, 0.1) is 0 Å². The van der Waals surface area contributed by atoms with Crippen LogP contribution >= 0.6 is 0 Å². The van der Waals surface area contributed by atoms with E-state index < -0.39 is 0 Å². The molecule has 0 aliphatic carbocycles. The van der Waals surface area contributed by atoms with E-state index in [1.165, 1.54) is 51.7 Å². The highest BCUT2D eigenvalue weighted by Crippen LogP contribution is 2.30. The Hall–Kier alpha value is -0.570. The van der Waals surface area contributed by atoms with E-state index in [0.29, 0.717) is 5.91 Å². The Labute approximate surface area is 131 Å². The summed E-state index contributed by atoms with van der Waals surface area (Å²) >= 11 is 0. The molecule has 21 heavy (non-hydrogen) atoms. The van der Waals surface area contributed by atoms with Gasteiger partial charge in [-0.3, -0.25) is 4.79 Å². The van der Waals surface area contributed by atoms with Gasteiger partial charge < -0.3 is 9.80 Å². The molecule has 0 saturated carbocycles. The summed E-state index contributed by atoms with van der Waals surface area (Å²) in [5.74, 6) is 2.39. The summed E-state index contributed by atoms with van der Waals surface area (Å²) in [7, 11) is 0. The van der Waals surface area contributed by atoms with Crippen LogP contribution in [0.3, 0.4) is 0 Å². The Balaban J connectivity index is 1.69. The van der Waals surface area contributed by atoms with E-state index >= 15 is 0 Å². The highest BCUT2D eigenvalue weighted by Gasteiger charge is 2.27. The standard InChI is InChI=1S/C18H34N2O/c1-4-15(3)18(21)20-12-8-17(9-13-20)14-16-6-10-19(5-2)11-7-16/h15-17H,4-14H2,1-3H3. The lowest BCUT2D eigenvalue weighted by Crippen LogP contribution is -2.41. The Bertz CT molecular complexity index is 315. The minimum absolute atomic E-state index is 0.208. The fraction of sp³-hybridized carbons (Fsp3) is 0.944. The molecule has 122 valence electrons. The molecule has 3 nitrogen and oxygen atoms in total. The number of likely N-dealkylation sites (tertiary alicyclic amines) is 2. The van der Waals surface area contributed by atoms with Crippen LogP contribution in [0.1, 0.15) is 59.3 Å². The van der Waals surface area contributed by atoms with Crippen molar-refractivity contribution in [3.8, 4) is 0 Å². The maximum absolute atomic E-state index is 12.2. The first-order valence-electron chi connectivity index (χ1n) is 9.15. The zero-order valence-corrected chi connectivity index (χ0v) is 14.3. The minimum Gasteiger partial charge on any atom is -0.342 e. The Kier molecular flexibility index (Phi) is 6.53. The Morgan fingerprint density at radius 1 is 1.00 bits per heavy atom. The molecule has 0 spiro atoms. The molecular weight excluding hydrogens is 260 g/mol. The predicted molar refractivity (Wildman–Crippen MR) is 88.2 cm³/mol. The molecule has 1 atom stereocenters. The number of amides is 1. The molecule has 0 radical (unpaired) electrons. The molecule has 0 aromatic heterocycles. The molecule has 1 unspecified atom stereocenters. The minimum atomic E-state index is 0.208. The fourth-order valence-corrected chi connectivity index (χ4v) is 3.89. The van der Waals surface area contributed by atoms with Gasteiger partial charge in [-0.05, 0) is 70.0 Å². The van der Waals surface area contributed by atoms with Gasteiger partial charge in [0.15, 0.2) is 0 Å². The van der Waals surface area contributed by atoms with Gasteiger partial charge in [-0.15, -0.1) is 0 Å². The van der Waals surface area contributed by atoms with Gasteiger partial charge in [0.1, 0.15) is 0 Å². The third-order valence-corrected chi connectivity index (χ3v) is 5.78. The quantitative estimate of drug-likeness (QED) is 0.776. The lowest BCUT2D eigenvalue weighted by molar-refractivity contribution is -0.136. The maximum Gasteiger partial charge on any atom is 0.225 e. The number of piperidine rings is 2. The molecular formula is C18H34N2O. The van der Waals surface area contributed by atoms with Gasteiger partial charge in [-0.25, -0.2) is 0 Å². The zero-order chi connectivity index (χ0) is 15.2. The normalized spacial score (nSPS) is 24.2. The number of nitrogens with zero attached hydrogens (tertiary/aromatic N) is 2. The van der Waals surface area contributed by atoms with Crippen molar-refractivity contribution in [3.05, 3.63) is 0 Å². The average molecular weight is 294 g/mol. The number of carbonyl (C=O) groups is 1. The number of carbonyl (C=O) groups excluding carboxylic acids is 1. The molecule has 0 bridgehead atoms. The first kappa shape index (κ1) is 16.8. The summed E-state index contributed by atoms with van der Waals surface area (Å²) in [6.45, 7) is 12.3.